The number of hydrogen-bond donors (Lipinski definition) is 1. The van der Waals surface area contributed by atoms with Crippen LogP contribution in [0.1, 0.15) is 19.7 Å². The Balaban J connectivity index is 0.00000162. The zero-order chi connectivity index (χ0) is 12.5. The monoisotopic (exact) mass is 271 g/mol. The van der Waals surface area contributed by atoms with Crippen LogP contribution in [0.25, 0.3) is 11.4 Å². The van der Waals surface area contributed by atoms with E-state index in [-0.39, 0.29) is 24.0 Å². The van der Waals surface area contributed by atoms with Gasteiger partial charge in [0, 0.05) is 6.54 Å². The highest BCUT2D eigenvalue weighted by molar-refractivity contribution is 5.85. The smallest absolute Gasteiger partial charge is 0.233 e. The Morgan fingerprint density at radius 3 is 2.61 bits per heavy atom. The van der Waals surface area contributed by atoms with E-state index >= 15 is 0 Å². The van der Waals surface area contributed by atoms with Gasteiger partial charge in [0.05, 0.1) is 11.0 Å². The second-order valence-electron chi connectivity index (χ2n) is 4.49. The first kappa shape index (κ1) is 14.6. The number of nitrogens with two attached hydrogens (primary N) is 1. The molecule has 18 heavy (non-hydrogen) atoms. The number of nitrogens with zero attached hydrogens (tertiary/aromatic N) is 2. The molecule has 0 bridgehead atoms. The fourth-order valence-corrected chi connectivity index (χ4v) is 1.34. The second-order valence-corrected chi connectivity index (χ2v) is 4.49. The van der Waals surface area contributed by atoms with E-state index in [9.17, 15) is 4.39 Å². The van der Waals surface area contributed by atoms with Gasteiger partial charge >= 0.3 is 0 Å². The maximum atomic E-state index is 13.5. The molecule has 0 saturated heterocycles. The largest absolute Gasteiger partial charge is 0.338 e. The molecule has 1 heterocycles. The minimum absolute atomic E-state index is 0. The summed E-state index contributed by atoms with van der Waals surface area (Å²) < 4.78 is 18.6. The van der Waals surface area contributed by atoms with Crippen LogP contribution in [0.4, 0.5) is 4.39 Å². The van der Waals surface area contributed by atoms with Gasteiger partial charge in [-0.05, 0) is 26.0 Å². The highest BCUT2D eigenvalue weighted by atomic mass is 35.5. The summed E-state index contributed by atoms with van der Waals surface area (Å²) >= 11 is 0. The van der Waals surface area contributed by atoms with Crippen molar-refractivity contribution < 1.29 is 8.91 Å². The maximum absolute atomic E-state index is 13.5. The van der Waals surface area contributed by atoms with Crippen molar-refractivity contribution in [1.29, 1.82) is 0 Å². The highest BCUT2D eigenvalue weighted by Gasteiger charge is 2.26. The number of hydrogen-bond acceptors (Lipinski definition) is 4. The fraction of sp³-hybridized carbons (Fsp3) is 0.333. The molecule has 1 aromatic carbocycles. The van der Waals surface area contributed by atoms with E-state index in [1.807, 2.05) is 13.8 Å². The van der Waals surface area contributed by atoms with Crippen molar-refractivity contribution in [3.8, 4) is 11.4 Å². The molecule has 6 heteroatoms. The SMILES string of the molecule is CC(C)(CN)c1nc(-c2ccccc2F)no1.Cl. The molecule has 0 spiro atoms. The van der Waals surface area contributed by atoms with Crippen LogP contribution in [0.3, 0.4) is 0 Å². The summed E-state index contributed by atoms with van der Waals surface area (Å²) in [5, 5.41) is 3.78. The molecular formula is C12H15ClFN3O. The van der Waals surface area contributed by atoms with Crippen LogP contribution < -0.4 is 5.73 Å². The maximum Gasteiger partial charge on any atom is 0.233 e. The molecule has 0 amide bonds. The lowest BCUT2D eigenvalue weighted by Crippen LogP contribution is -2.28. The molecule has 0 radical (unpaired) electrons. The van der Waals surface area contributed by atoms with Crippen molar-refractivity contribution >= 4 is 12.4 Å². The third kappa shape index (κ3) is 2.68. The summed E-state index contributed by atoms with van der Waals surface area (Å²) in [6.07, 6.45) is 0. The van der Waals surface area contributed by atoms with Gasteiger partial charge in [-0.15, -0.1) is 12.4 Å². The Hall–Kier alpha value is -1.46. The molecule has 0 aliphatic carbocycles. The van der Waals surface area contributed by atoms with Crippen molar-refractivity contribution in [2.45, 2.75) is 19.3 Å². The normalized spacial score (nSPS) is 11.1. The first-order valence-corrected chi connectivity index (χ1v) is 5.34. The van der Waals surface area contributed by atoms with E-state index in [0.29, 0.717) is 18.0 Å². The third-order valence-electron chi connectivity index (χ3n) is 2.63. The third-order valence-corrected chi connectivity index (χ3v) is 2.63. The summed E-state index contributed by atoms with van der Waals surface area (Å²) in [5.41, 5.74) is 5.54. The average Bonchev–Trinajstić information content (AvgIpc) is 2.79. The zero-order valence-electron chi connectivity index (χ0n) is 10.2. The number of benzene rings is 1. The molecular weight excluding hydrogens is 257 g/mol. The standard InChI is InChI=1S/C12H14FN3O.ClH/c1-12(2,7-14)11-15-10(16-17-11)8-5-3-4-6-9(8)13;/h3-6H,7,14H2,1-2H3;1H. The van der Waals surface area contributed by atoms with E-state index < -0.39 is 5.41 Å². The summed E-state index contributed by atoms with van der Waals surface area (Å²) in [6, 6.07) is 6.31. The van der Waals surface area contributed by atoms with E-state index in [1.165, 1.54) is 6.07 Å². The average molecular weight is 272 g/mol. The highest BCUT2D eigenvalue weighted by Crippen LogP contribution is 2.24. The predicted molar refractivity (Wildman–Crippen MR) is 69.0 cm³/mol. The van der Waals surface area contributed by atoms with E-state index in [2.05, 4.69) is 10.1 Å². The molecule has 0 aliphatic rings. The van der Waals surface area contributed by atoms with Crippen LogP contribution in [-0.2, 0) is 5.41 Å². The van der Waals surface area contributed by atoms with Crippen molar-refractivity contribution in [3.63, 3.8) is 0 Å². The van der Waals surface area contributed by atoms with E-state index in [1.54, 1.807) is 18.2 Å². The molecule has 2 N–H and O–H groups in total. The molecule has 0 unspecified atom stereocenters. The minimum Gasteiger partial charge on any atom is -0.338 e. The molecule has 2 rings (SSSR count). The molecule has 0 atom stereocenters. The topological polar surface area (TPSA) is 64.9 Å². The van der Waals surface area contributed by atoms with Crippen molar-refractivity contribution in [3.05, 3.63) is 36.0 Å². The van der Waals surface area contributed by atoms with E-state index in [4.69, 9.17) is 10.3 Å². The summed E-state index contributed by atoms with van der Waals surface area (Å²) in [4.78, 5) is 4.19. The quantitative estimate of drug-likeness (QED) is 0.932. The predicted octanol–water partition coefficient (Wildman–Crippen LogP) is 2.53. The molecule has 4 nitrogen and oxygen atoms in total. The molecule has 98 valence electrons. The van der Waals surface area contributed by atoms with Crippen LogP contribution in [0.5, 0.6) is 0 Å². The fourth-order valence-electron chi connectivity index (χ4n) is 1.34. The Labute approximate surface area is 111 Å². The van der Waals surface area contributed by atoms with Gasteiger partial charge in [0.15, 0.2) is 0 Å². The van der Waals surface area contributed by atoms with Gasteiger partial charge < -0.3 is 10.3 Å². The van der Waals surface area contributed by atoms with Gasteiger partial charge in [0.2, 0.25) is 11.7 Å². The lowest BCUT2D eigenvalue weighted by atomic mass is 9.94. The summed E-state index contributed by atoms with van der Waals surface area (Å²) in [7, 11) is 0. The lowest BCUT2D eigenvalue weighted by molar-refractivity contribution is 0.311. The number of aromatic nitrogens is 2. The van der Waals surface area contributed by atoms with Gasteiger partial charge in [-0.25, -0.2) is 4.39 Å². The van der Waals surface area contributed by atoms with Crippen LogP contribution in [0.15, 0.2) is 28.8 Å². The van der Waals surface area contributed by atoms with Crippen LogP contribution in [0.2, 0.25) is 0 Å². The van der Waals surface area contributed by atoms with Crippen molar-refractivity contribution in [1.82, 2.24) is 10.1 Å². The van der Waals surface area contributed by atoms with E-state index in [0.717, 1.165) is 0 Å². The summed E-state index contributed by atoms with van der Waals surface area (Å²) in [5.74, 6) is 0.295. The van der Waals surface area contributed by atoms with Crippen LogP contribution >= 0.6 is 12.4 Å². The Kier molecular flexibility index (Phi) is 4.43. The van der Waals surface area contributed by atoms with Crippen molar-refractivity contribution in [2.24, 2.45) is 5.73 Å². The first-order valence-electron chi connectivity index (χ1n) is 5.34. The van der Waals surface area contributed by atoms with Gasteiger partial charge in [0.25, 0.3) is 0 Å². The lowest BCUT2D eigenvalue weighted by Gasteiger charge is -2.15. The Bertz CT molecular complexity index is 528. The zero-order valence-corrected chi connectivity index (χ0v) is 11.0. The Morgan fingerprint density at radius 2 is 2.00 bits per heavy atom. The molecule has 1 aromatic heterocycles. The van der Waals surface area contributed by atoms with Gasteiger partial charge in [-0.3, -0.25) is 0 Å². The number of rotatable bonds is 3. The second kappa shape index (κ2) is 5.46. The molecule has 0 saturated carbocycles. The molecule has 0 fully saturated rings. The van der Waals surface area contributed by atoms with Crippen LogP contribution in [-0.4, -0.2) is 16.7 Å². The van der Waals surface area contributed by atoms with Gasteiger partial charge in [-0.1, -0.05) is 17.3 Å². The van der Waals surface area contributed by atoms with Crippen molar-refractivity contribution in [2.75, 3.05) is 6.54 Å². The van der Waals surface area contributed by atoms with Gasteiger partial charge in [0.1, 0.15) is 5.82 Å². The van der Waals surface area contributed by atoms with Crippen LogP contribution in [0, 0.1) is 5.82 Å². The minimum atomic E-state index is -0.406. The Morgan fingerprint density at radius 1 is 1.33 bits per heavy atom. The van der Waals surface area contributed by atoms with Gasteiger partial charge in [-0.2, -0.15) is 4.98 Å². The number of halogens is 2. The molecule has 2 aromatic rings. The molecule has 0 aliphatic heterocycles. The summed E-state index contributed by atoms with van der Waals surface area (Å²) in [6.45, 7) is 4.17. The first-order chi connectivity index (χ1) is 8.04.